The summed E-state index contributed by atoms with van der Waals surface area (Å²) in [6.07, 6.45) is 0. The summed E-state index contributed by atoms with van der Waals surface area (Å²) < 4.78 is 7.81. The molecule has 6 unspecified atom stereocenters. The summed E-state index contributed by atoms with van der Waals surface area (Å²) >= 11 is 23.6. The van der Waals surface area contributed by atoms with Crippen LogP contribution in [0.5, 0.6) is 0 Å². The Morgan fingerprint density at radius 3 is 0.889 bits per heavy atom. The van der Waals surface area contributed by atoms with Crippen molar-refractivity contribution in [3.05, 3.63) is 0 Å². The molecule has 0 rings (SSSR count). The number of halogens is 9. The molecule has 9 heteroatoms. The van der Waals surface area contributed by atoms with Gasteiger partial charge in [0.2, 0.25) is 0 Å². The standard InChI is InChI=1S/C9H11I9/c10-1-3(12)5(14)7(16)9(18)8(17)6(15)4(13)2-11/h3-9H,1-2H2. The minimum Gasteiger partial charge on any atom is -0.0852 e. The van der Waals surface area contributed by atoms with Crippen LogP contribution >= 0.6 is 203 Å². The molecule has 0 aromatic rings. The van der Waals surface area contributed by atoms with Crippen molar-refractivity contribution < 1.29 is 0 Å². The normalized spacial score (nSPS) is 23.8. The second kappa shape index (κ2) is 13.7. The summed E-state index contributed by atoms with van der Waals surface area (Å²) in [5.41, 5.74) is 0. The Balaban J connectivity index is 4.57. The second-order valence-corrected chi connectivity index (χ2v) is 15.7. The predicted octanol–water partition coefficient (Wildman–Crippen LogP) is 7.48. The molecule has 110 valence electrons. The van der Waals surface area contributed by atoms with Gasteiger partial charge in [-0.15, -0.1) is 0 Å². The van der Waals surface area contributed by atoms with Crippen molar-refractivity contribution >= 4 is 203 Å². The van der Waals surface area contributed by atoms with Gasteiger partial charge in [0.1, 0.15) is 0 Å². The third-order valence-corrected chi connectivity index (χ3v) is 26.1. The van der Waals surface area contributed by atoms with E-state index in [1.54, 1.807) is 0 Å². The van der Waals surface area contributed by atoms with Gasteiger partial charge in [-0.25, -0.2) is 0 Å². The first-order valence-electron chi connectivity index (χ1n) is 4.88. The van der Waals surface area contributed by atoms with E-state index in [0.29, 0.717) is 0 Å². The van der Waals surface area contributed by atoms with Crippen LogP contribution in [0.2, 0.25) is 0 Å². The highest BCUT2D eigenvalue weighted by Crippen LogP contribution is 2.38. The molecule has 0 spiro atoms. The molecular formula is C9H11I9. The smallest absolute Gasteiger partial charge is 0.0366 e. The van der Waals surface area contributed by atoms with Gasteiger partial charge in [-0.05, 0) is 0 Å². The molecule has 0 N–H and O–H groups in total. The summed E-state index contributed by atoms with van der Waals surface area (Å²) in [5.74, 6) is 0. The van der Waals surface area contributed by atoms with Gasteiger partial charge in [-0.2, -0.15) is 0 Å². The van der Waals surface area contributed by atoms with E-state index in [1.807, 2.05) is 0 Å². The number of alkyl halides is 9. The summed E-state index contributed by atoms with van der Waals surface area (Å²) in [6.45, 7) is 0. The van der Waals surface area contributed by atoms with E-state index in [2.05, 4.69) is 203 Å². The molecule has 0 heterocycles. The van der Waals surface area contributed by atoms with Crippen LogP contribution in [0.4, 0.5) is 0 Å². The Hall–Kier alpha value is 6.57. The van der Waals surface area contributed by atoms with Crippen LogP contribution in [0.25, 0.3) is 0 Å². The largest absolute Gasteiger partial charge is 0.0852 e. The molecule has 0 aliphatic heterocycles. The van der Waals surface area contributed by atoms with E-state index in [9.17, 15) is 0 Å². The van der Waals surface area contributed by atoms with Crippen molar-refractivity contribution in [2.75, 3.05) is 8.86 Å². The number of hydrogen-bond donors (Lipinski definition) is 0. The summed E-state index contributed by atoms with van der Waals surface area (Å²) in [5, 5.41) is 0. The molecule has 0 amide bonds. The number of hydrogen-bond acceptors (Lipinski definition) is 0. The fraction of sp³-hybridized carbons (Fsp3) is 1.00. The van der Waals surface area contributed by atoms with Gasteiger partial charge in [0.25, 0.3) is 0 Å². The molecule has 0 saturated heterocycles. The maximum atomic E-state index is 2.69. The lowest BCUT2D eigenvalue weighted by Crippen LogP contribution is -2.41. The van der Waals surface area contributed by atoms with Crippen LogP contribution < -0.4 is 0 Å². The van der Waals surface area contributed by atoms with E-state index < -0.39 is 0 Å². The van der Waals surface area contributed by atoms with Gasteiger partial charge in [-0.1, -0.05) is 203 Å². The summed E-state index contributed by atoms with van der Waals surface area (Å²) in [6, 6.07) is 0. The van der Waals surface area contributed by atoms with Gasteiger partial charge in [-0.3, -0.25) is 0 Å². The average molecular weight is 1260 g/mol. The van der Waals surface area contributed by atoms with E-state index in [-0.39, 0.29) is 0 Å². The molecule has 0 bridgehead atoms. The van der Waals surface area contributed by atoms with Crippen LogP contribution in [-0.2, 0) is 0 Å². The first-order chi connectivity index (χ1) is 8.27. The van der Waals surface area contributed by atoms with Crippen molar-refractivity contribution in [1.29, 1.82) is 0 Å². The van der Waals surface area contributed by atoms with Gasteiger partial charge in [0.05, 0.1) is 0 Å². The molecule has 0 aromatic heterocycles. The highest BCUT2D eigenvalue weighted by molar-refractivity contribution is 14.1. The maximum Gasteiger partial charge on any atom is 0.0366 e. The van der Waals surface area contributed by atoms with Gasteiger partial charge < -0.3 is 0 Å². The number of rotatable bonds is 8. The topological polar surface area (TPSA) is 0 Å². The van der Waals surface area contributed by atoms with Crippen LogP contribution in [0.3, 0.4) is 0 Å². The second-order valence-electron chi connectivity index (χ2n) is 3.56. The highest BCUT2D eigenvalue weighted by atomic mass is 127. The van der Waals surface area contributed by atoms with E-state index in [0.717, 1.165) is 27.5 Å². The van der Waals surface area contributed by atoms with Crippen LogP contribution in [0, 0.1) is 0 Å². The fourth-order valence-corrected chi connectivity index (χ4v) is 13.2. The van der Waals surface area contributed by atoms with Gasteiger partial charge >= 0.3 is 0 Å². The SMILES string of the molecule is ICC(I)C(I)C(I)C(I)C(I)C(I)C(I)CI. The van der Waals surface area contributed by atoms with Crippen molar-refractivity contribution in [2.45, 2.75) is 27.5 Å². The third-order valence-electron chi connectivity index (χ3n) is 2.20. The van der Waals surface area contributed by atoms with E-state index in [1.165, 1.54) is 8.86 Å². The zero-order valence-electron chi connectivity index (χ0n) is 8.86. The first kappa shape index (κ1) is 24.6. The zero-order chi connectivity index (χ0) is 14.5. The van der Waals surface area contributed by atoms with Crippen LogP contribution in [0.1, 0.15) is 0 Å². The lowest BCUT2D eigenvalue weighted by molar-refractivity contribution is 0.755. The molecule has 6 atom stereocenters. The Kier molecular flexibility index (Phi) is 18.7. The minimum atomic E-state index is 0.744. The molecule has 0 radical (unpaired) electrons. The third kappa shape index (κ3) is 8.79. The van der Waals surface area contributed by atoms with Crippen LogP contribution in [-0.4, -0.2) is 36.3 Å². The van der Waals surface area contributed by atoms with Crippen LogP contribution in [0.15, 0.2) is 0 Å². The monoisotopic (exact) mass is 1260 g/mol. The lowest BCUT2D eigenvalue weighted by Gasteiger charge is -2.31. The van der Waals surface area contributed by atoms with Crippen molar-refractivity contribution in [2.24, 2.45) is 0 Å². The Morgan fingerprint density at radius 2 is 0.667 bits per heavy atom. The Bertz CT molecular complexity index is 204. The van der Waals surface area contributed by atoms with Gasteiger partial charge in [0.15, 0.2) is 0 Å². The fourth-order valence-electron chi connectivity index (χ4n) is 1.10. The van der Waals surface area contributed by atoms with E-state index in [4.69, 9.17) is 0 Å². The van der Waals surface area contributed by atoms with Crippen molar-refractivity contribution in [3.63, 3.8) is 0 Å². The molecule has 0 aliphatic rings. The predicted molar refractivity (Wildman–Crippen MR) is 162 cm³/mol. The molecular weight excluding hydrogens is 1250 g/mol. The Morgan fingerprint density at radius 1 is 0.444 bits per heavy atom. The molecule has 0 nitrogen and oxygen atoms in total. The molecule has 0 aliphatic carbocycles. The first-order valence-corrected chi connectivity index (χ1v) is 16.6. The van der Waals surface area contributed by atoms with E-state index >= 15 is 0 Å². The van der Waals surface area contributed by atoms with Crippen molar-refractivity contribution in [1.82, 2.24) is 0 Å². The van der Waals surface area contributed by atoms with Gasteiger partial charge in [0, 0.05) is 36.3 Å². The molecule has 0 fully saturated rings. The lowest BCUT2D eigenvalue weighted by atomic mass is 10.1. The maximum absolute atomic E-state index is 2.69. The van der Waals surface area contributed by atoms with Crippen molar-refractivity contribution in [3.8, 4) is 0 Å². The minimum absolute atomic E-state index is 0.744. The summed E-state index contributed by atoms with van der Waals surface area (Å²) in [7, 11) is 0. The average Bonchev–Trinajstić information content (AvgIpc) is 2.40. The summed E-state index contributed by atoms with van der Waals surface area (Å²) in [4.78, 5) is 0. The molecule has 0 aromatic carbocycles. The highest BCUT2D eigenvalue weighted by Gasteiger charge is 2.36. The Labute approximate surface area is 233 Å². The quantitative estimate of drug-likeness (QED) is 0.175. The molecule has 18 heavy (non-hydrogen) atoms. The zero-order valence-corrected chi connectivity index (χ0v) is 28.3. The molecule has 0 saturated carbocycles.